The van der Waals surface area contributed by atoms with Crippen LogP contribution in [0.2, 0.25) is 0 Å². The van der Waals surface area contributed by atoms with Crippen LogP contribution in [0.15, 0.2) is 18.2 Å². The van der Waals surface area contributed by atoms with Crippen molar-refractivity contribution in [1.82, 2.24) is 0 Å². The Morgan fingerprint density at radius 1 is 1.43 bits per heavy atom. The number of amides is 1. The molecule has 14 heavy (non-hydrogen) atoms. The Labute approximate surface area is 83.9 Å². The number of carbonyl (C=O) groups is 1. The van der Waals surface area contributed by atoms with Gasteiger partial charge in [0.1, 0.15) is 5.82 Å². The third-order valence-electron chi connectivity index (χ3n) is 1.70. The molecule has 0 fully saturated rings. The molecule has 0 aromatic heterocycles. The summed E-state index contributed by atoms with van der Waals surface area (Å²) in [4.78, 5) is 10.7. The van der Waals surface area contributed by atoms with Crippen LogP contribution in [0.3, 0.4) is 0 Å². The average molecular weight is 197 g/mol. The van der Waals surface area contributed by atoms with Gasteiger partial charge in [0, 0.05) is 0 Å². The molecule has 78 valence electrons. The monoisotopic (exact) mass is 197 g/mol. The van der Waals surface area contributed by atoms with Crippen LogP contribution in [0.1, 0.15) is 36.7 Å². The molecular formula is C11H16FNO. The summed E-state index contributed by atoms with van der Waals surface area (Å²) >= 11 is 0. The summed E-state index contributed by atoms with van der Waals surface area (Å²) in [6, 6.07) is 4.39. The molecule has 0 saturated carbocycles. The molecule has 3 heteroatoms. The molecule has 0 spiro atoms. The zero-order chi connectivity index (χ0) is 11.1. The Morgan fingerprint density at radius 2 is 2.00 bits per heavy atom. The van der Waals surface area contributed by atoms with Gasteiger partial charge in [-0.1, -0.05) is 26.8 Å². The van der Waals surface area contributed by atoms with Gasteiger partial charge in [0.2, 0.25) is 0 Å². The van der Waals surface area contributed by atoms with Crippen LogP contribution in [0.25, 0.3) is 0 Å². The van der Waals surface area contributed by atoms with Crippen molar-refractivity contribution in [3.63, 3.8) is 0 Å². The normalized spacial score (nSPS) is 8.86. The van der Waals surface area contributed by atoms with E-state index in [2.05, 4.69) is 0 Å². The average Bonchev–Trinajstić information content (AvgIpc) is 2.21. The van der Waals surface area contributed by atoms with Crippen LogP contribution >= 0.6 is 0 Å². The minimum atomic E-state index is -0.720. The molecule has 0 unspecified atom stereocenters. The maximum absolute atomic E-state index is 12.9. The number of nitrogens with two attached hydrogens (primary N) is 1. The van der Waals surface area contributed by atoms with Gasteiger partial charge < -0.3 is 5.73 Å². The second-order valence-electron chi connectivity index (χ2n) is 2.53. The van der Waals surface area contributed by atoms with Gasteiger partial charge in [-0.05, 0) is 24.1 Å². The lowest BCUT2D eigenvalue weighted by Crippen LogP contribution is -2.13. The maximum atomic E-state index is 12.9. The Balaban J connectivity index is 0.000000791. The number of carbonyl (C=O) groups excluding carboxylic acids is 1. The fourth-order valence-corrected chi connectivity index (χ4v) is 0.981. The highest BCUT2D eigenvalue weighted by molar-refractivity contribution is 5.93. The van der Waals surface area contributed by atoms with Gasteiger partial charge in [0.25, 0.3) is 5.91 Å². The second kappa shape index (κ2) is 6.13. The van der Waals surface area contributed by atoms with Gasteiger partial charge in [-0.2, -0.15) is 0 Å². The Kier molecular flexibility index (Phi) is 5.53. The summed E-state index contributed by atoms with van der Waals surface area (Å²) in [6.45, 7) is 5.93. The van der Waals surface area contributed by atoms with Crippen molar-refractivity contribution >= 4 is 5.91 Å². The first-order chi connectivity index (χ1) is 6.65. The number of rotatable bonds is 2. The van der Waals surface area contributed by atoms with Crippen LogP contribution in [-0.2, 0) is 6.42 Å². The van der Waals surface area contributed by atoms with E-state index in [1.165, 1.54) is 12.1 Å². The standard InChI is InChI=1S/C9H10FNO.C2H6/c1-2-6-3-4-8(10)7(5-6)9(11)12;1-2/h3-5H,2H2,1H3,(H2,11,12);1-2H3. The van der Waals surface area contributed by atoms with Crippen molar-refractivity contribution in [2.45, 2.75) is 27.2 Å². The summed E-state index contributed by atoms with van der Waals surface area (Å²) < 4.78 is 12.9. The number of halogens is 1. The van der Waals surface area contributed by atoms with Gasteiger partial charge in [-0.15, -0.1) is 0 Å². The molecule has 0 heterocycles. The molecule has 1 amide bonds. The molecule has 0 aliphatic rings. The fourth-order valence-electron chi connectivity index (χ4n) is 0.981. The first-order valence-corrected chi connectivity index (χ1v) is 4.73. The molecule has 0 saturated heterocycles. The van der Waals surface area contributed by atoms with E-state index in [-0.39, 0.29) is 5.56 Å². The lowest BCUT2D eigenvalue weighted by Gasteiger charge is -2.00. The summed E-state index contributed by atoms with van der Waals surface area (Å²) in [5, 5.41) is 0. The molecule has 1 rings (SSSR count). The van der Waals surface area contributed by atoms with Gasteiger partial charge in [-0.25, -0.2) is 4.39 Å². The molecule has 0 aliphatic heterocycles. The van der Waals surface area contributed by atoms with Crippen molar-refractivity contribution in [3.8, 4) is 0 Å². The maximum Gasteiger partial charge on any atom is 0.251 e. The Morgan fingerprint density at radius 3 is 2.43 bits per heavy atom. The van der Waals surface area contributed by atoms with Gasteiger partial charge >= 0.3 is 0 Å². The minimum Gasteiger partial charge on any atom is -0.366 e. The van der Waals surface area contributed by atoms with Crippen molar-refractivity contribution in [1.29, 1.82) is 0 Å². The molecular weight excluding hydrogens is 181 g/mol. The zero-order valence-electron chi connectivity index (χ0n) is 8.80. The van der Waals surface area contributed by atoms with E-state index in [0.29, 0.717) is 0 Å². The second-order valence-corrected chi connectivity index (χ2v) is 2.53. The summed E-state index contributed by atoms with van der Waals surface area (Å²) in [6.07, 6.45) is 0.764. The summed E-state index contributed by atoms with van der Waals surface area (Å²) in [5.41, 5.74) is 5.83. The predicted octanol–water partition coefficient (Wildman–Crippen LogP) is 2.51. The minimum absolute atomic E-state index is 0.0330. The van der Waals surface area contributed by atoms with E-state index in [9.17, 15) is 9.18 Å². The van der Waals surface area contributed by atoms with Gasteiger partial charge in [0.05, 0.1) is 5.56 Å². The van der Waals surface area contributed by atoms with Crippen molar-refractivity contribution < 1.29 is 9.18 Å². The van der Waals surface area contributed by atoms with Crippen LogP contribution < -0.4 is 5.73 Å². The van der Waals surface area contributed by atoms with E-state index < -0.39 is 11.7 Å². The molecule has 1 aromatic carbocycles. The topological polar surface area (TPSA) is 43.1 Å². The van der Waals surface area contributed by atoms with Crippen LogP contribution in [0, 0.1) is 5.82 Å². The lowest BCUT2D eigenvalue weighted by atomic mass is 10.1. The van der Waals surface area contributed by atoms with Gasteiger partial charge in [-0.3, -0.25) is 4.79 Å². The molecule has 0 aliphatic carbocycles. The molecule has 0 radical (unpaired) electrons. The third kappa shape index (κ3) is 3.17. The molecule has 2 nitrogen and oxygen atoms in total. The van der Waals surface area contributed by atoms with E-state index in [4.69, 9.17) is 5.73 Å². The Bertz CT molecular complexity index is 310. The fraction of sp³-hybridized carbons (Fsp3) is 0.364. The molecule has 0 bridgehead atoms. The predicted molar refractivity (Wildman–Crippen MR) is 55.6 cm³/mol. The number of primary amides is 1. The highest BCUT2D eigenvalue weighted by Gasteiger charge is 2.07. The summed E-state index contributed by atoms with van der Waals surface area (Å²) in [5.74, 6) is -1.28. The first-order valence-electron chi connectivity index (χ1n) is 4.73. The third-order valence-corrected chi connectivity index (χ3v) is 1.70. The molecule has 1 aromatic rings. The highest BCUT2D eigenvalue weighted by atomic mass is 19.1. The molecule has 2 N–H and O–H groups in total. The Hall–Kier alpha value is -1.38. The van der Waals surface area contributed by atoms with E-state index in [0.717, 1.165) is 12.0 Å². The largest absolute Gasteiger partial charge is 0.366 e. The number of aryl methyl sites for hydroxylation is 1. The van der Waals surface area contributed by atoms with Crippen LogP contribution in [0.5, 0.6) is 0 Å². The van der Waals surface area contributed by atoms with E-state index in [1.807, 2.05) is 20.8 Å². The molecule has 0 atom stereocenters. The lowest BCUT2D eigenvalue weighted by molar-refractivity contribution is 0.0996. The number of hydrogen-bond donors (Lipinski definition) is 1. The van der Waals surface area contributed by atoms with Crippen LogP contribution in [0.4, 0.5) is 4.39 Å². The zero-order valence-corrected chi connectivity index (χ0v) is 8.80. The number of benzene rings is 1. The van der Waals surface area contributed by atoms with Gasteiger partial charge in [0.15, 0.2) is 0 Å². The first kappa shape index (κ1) is 12.6. The summed E-state index contributed by atoms with van der Waals surface area (Å²) in [7, 11) is 0. The van der Waals surface area contributed by atoms with Crippen LogP contribution in [-0.4, -0.2) is 5.91 Å². The SMILES string of the molecule is CC.CCc1ccc(F)c(C(N)=O)c1. The smallest absolute Gasteiger partial charge is 0.251 e. The van der Waals surface area contributed by atoms with E-state index >= 15 is 0 Å². The van der Waals surface area contributed by atoms with Crippen molar-refractivity contribution in [3.05, 3.63) is 35.1 Å². The van der Waals surface area contributed by atoms with E-state index in [1.54, 1.807) is 6.07 Å². The van der Waals surface area contributed by atoms with Crippen molar-refractivity contribution in [2.75, 3.05) is 0 Å². The van der Waals surface area contributed by atoms with Crippen molar-refractivity contribution in [2.24, 2.45) is 5.73 Å². The highest BCUT2D eigenvalue weighted by Crippen LogP contribution is 2.10. The quantitative estimate of drug-likeness (QED) is 0.777. The number of hydrogen-bond acceptors (Lipinski definition) is 1.